The maximum Gasteiger partial charge on any atom is 0.243 e. The minimum Gasteiger partial charge on any atom is -0.379 e. The Bertz CT molecular complexity index is 1000. The topological polar surface area (TPSA) is 116 Å². The molecular weight excluding hydrogens is 468 g/mol. The summed E-state index contributed by atoms with van der Waals surface area (Å²) < 4.78 is 57.5. The van der Waals surface area contributed by atoms with Gasteiger partial charge < -0.3 is 10.1 Å². The molecule has 0 atom stereocenters. The Kier molecular flexibility index (Phi) is 7.95. The van der Waals surface area contributed by atoms with Gasteiger partial charge in [-0.15, -0.1) is 0 Å². The number of benzene rings is 1. The summed E-state index contributed by atoms with van der Waals surface area (Å²) in [5.74, 6) is -0.301. The fraction of sp³-hybridized carbons (Fsp3) is 0.611. The lowest BCUT2D eigenvalue weighted by atomic mass is 10.3. The molecule has 2 heterocycles. The Labute approximate surface area is 188 Å². The molecular formula is C18H27ClN4O6S2. The van der Waals surface area contributed by atoms with Gasteiger partial charge in [0, 0.05) is 39.3 Å². The smallest absolute Gasteiger partial charge is 0.243 e. The molecule has 0 spiro atoms. The fourth-order valence-electron chi connectivity index (χ4n) is 3.44. The van der Waals surface area contributed by atoms with Crippen molar-refractivity contribution in [2.24, 2.45) is 0 Å². The molecule has 0 unspecified atom stereocenters. The van der Waals surface area contributed by atoms with Crippen LogP contribution in [0.25, 0.3) is 0 Å². The fourth-order valence-corrected chi connectivity index (χ4v) is 6.12. The first-order valence-corrected chi connectivity index (χ1v) is 13.4. The molecule has 31 heavy (non-hydrogen) atoms. The van der Waals surface area contributed by atoms with E-state index in [1.807, 2.05) is 4.90 Å². The molecule has 0 aromatic heterocycles. The standard InChI is InChI=1S/C18H27ClN4O6S2/c1-2-30(25,26)22-7-5-21(6-8-22)14-18(24)20-17-13-15(3-4-16(17)19)31(27,28)23-9-11-29-12-10-23/h3-4,13H,2,5-12,14H2,1H3,(H,20,24). The first kappa shape index (κ1) is 24.4. The zero-order chi connectivity index (χ0) is 22.6. The van der Waals surface area contributed by atoms with Crippen molar-refractivity contribution in [2.45, 2.75) is 11.8 Å². The Morgan fingerprint density at radius 1 is 1.03 bits per heavy atom. The lowest BCUT2D eigenvalue weighted by Crippen LogP contribution is -2.50. The van der Waals surface area contributed by atoms with Gasteiger partial charge in [0.15, 0.2) is 0 Å². The van der Waals surface area contributed by atoms with Gasteiger partial charge in [0.25, 0.3) is 0 Å². The van der Waals surface area contributed by atoms with E-state index in [0.717, 1.165) is 0 Å². The van der Waals surface area contributed by atoms with Gasteiger partial charge in [-0.3, -0.25) is 9.69 Å². The molecule has 0 saturated carbocycles. The van der Waals surface area contributed by atoms with E-state index in [2.05, 4.69) is 5.32 Å². The molecule has 10 nitrogen and oxygen atoms in total. The van der Waals surface area contributed by atoms with E-state index in [1.54, 1.807) is 6.92 Å². The molecule has 13 heteroatoms. The van der Waals surface area contributed by atoms with E-state index in [9.17, 15) is 21.6 Å². The molecule has 0 bridgehead atoms. The molecule has 174 valence electrons. The number of amides is 1. The van der Waals surface area contributed by atoms with Crippen molar-refractivity contribution in [3.05, 3.63) is 23.2 Å². The monoisotopic (exact) mass is 494 g/mol. The highest BCUT2D eigenvalue weighted by Gasteiger charge is 2.28. The summed E-state index contributed by atoms with van der Waals surface area (Å²) in [6, 6.07) is 4.21. The highest BCUT2D eigenvalue weighted by molar-refractivity contribution is 7.89. The summed E-state index contributed by atoms with van der Waals surface area (Å²) in [6.07, 6.45) is 0. The minimum absolute atomic E-state index is 0.0486. The summed E-state index contributed by atoms with van der Waals surface area (Å²) in [5, 5.41) is 2.90. The van der Waals surface area contributed by atoms with Crippen LogP contribution in [0.5, 0.6) is 0 Å². The number of carbonyl (C=O) groups excluding carboxylic acids is 1. The van der Waals surface area contributed by atoms with Gasteiger partial charge in [-0.05, 0) is 25.1 Å². The molecule has 3 rings (SSSR count). The zero-order valence-corrected chi connectivity index (χ0v) is 19.7. The predicted molar refractivity (Wildman–Crippen MR) is 117 cm³/mol. The van der Waals surface area contributed by atoms with Crippen LogP contribution in [-0.4, -0.2) is 101 Å². The average Bonchev–Trinajstić information content (AvgIpc) is 2.76. The van der Waals surface area contributed by atoms with Gasteiger partial charge in [0.1, 0.15) is 0 Å². The van der Waals surface area contributed by atoms with Gasteiger partial charge in [0.05, 0.1) is 41.1 Å². The minimum atomic E-state index is -3.72. The van der Waals surface area contributed by atoms with Crippen LogP contribution in [0.3, 0.4) is 0 Å². The van der Waals surface area contributed by atoms with Crippen LogP contribution in [0.15, 0.2) is 23.1 Å². The molecule has 2 fully saturated rings. The molecule has 0 radical (unpaired) electrons. The Balaban J connectivity index is 1.62. The normalized spacial score (nSPS) is 19.9. The highest BCUT2D eigenvalue weighted by atomic mass is 35.5. The lowest BCUT2D eigenvalue weighted by molar-refractivity contribution is -0.117. The third-order valence-corrected chi connectivity index (χ3v) is 9.38. The number of anilines is 1. The van der Waals surface area contributed by atoms with Gasteiger partial charge >= 0.3 is 0 Å². The Morgan fingerprint density at radius 3 is 2.29 bits per heavy atom. The second kappa shape index (κ2) is 10.1. The first-order valence-electron chi connectivity index (χ1n) is 10.0. The van der Waals surface area contributed by atoms with Crippen LogP contribution in [0, 0.1) is 0 Å². The van der Waals surface area contributed by atoms with Crippen LogP contribution < -0.4 is 5.32 Å². The van der Waals surface area contributed by atoms with Gasteiger partial charge in [0.2, 0.25) is 26.0 Å². The second-order valence-electron chi connectivity index (χ2n) is 7.28. The first-order chi connectivity index (χ1) is 14.6. The van der Waals surface area contributed by atoms with E-state index < -0.39 is 20.0 Å². The van der Waals surface area contributed by atoms with Gasteiger partial charge in [-0.25, -0.2) is 16.8 Å². The predicted octanol–water partition coefficient (Wildman–Crippen LogP) is 0.267. The number of morpholine rings is 1. The van der Waals surface area contributed by atoms with Gasteiger partial charge in [-0.2, -0.15) is 8.61 Å². The molecule has 1 aromatic carbocycles. The number of nitrogens with one attached hydrogen (secondary N) is 1. The number of rotatable bonds is 7. The molecule has 1 N–H and O–H groups in total. The lowest BCUT2D eigenvalue weighted by Gasteiger charge is -2.33. The number of sulfonamides is 2. The molecule has 1 amide bonds. The number of nitrogens with zero attached hydrogens (tertiary/aromatic N) is 3. The number of ether oxygens (including phenoxy) is 1. The maximum absolute atomic E-state index is 12.8. The van der Waals surface area contributed by atoms with Crippen molar-refractivity contribution in [1.29, 1.82) is 0 Å². The Hall–Kier alpha value is -1.28. The summed E-state index contributed by atoms with van der Waals surface area (Å²) in [6.45, 7) is 4.40. The van der Waals surface area contributed by atoms with Crippen LogP contribution in [0.2, 0.25) is 5.02 Å². The molecule has 2 saturated heterocycles. The van der Waals surface area contributed by atoms with Gasteiger partial charge in [-0.1, -0.05) is 11.6 Å². The Morgan fingerprint density at radius 2 is 1.68 bits per heavy atom. The number of halogens is 1. The van der Waals surface area contributed by atoms with E-state index in [-0.39, 0.29) is 46.9 Å². The summed E-state index contributed by atoms with van der Waals surface area (Å²) >= 11 is 6.17. The molecule has 0 aliphatic carbocycles. The summed E-state index contributed by atoms with van der Waals surface area (Å²) in [7, 11) is -6.95. The van der Waals surface area contributed by atoms with Crippen molar-refractivity contribution in [3.8, 4) is 0 Å². The van der Waals surface area contributed by atoms with E-state index in [0.29, 0.717) is 39.4 Å². The van der Waals surface area contributed by atoms with Crippen LogP contribution in [0.1, 0.15) is 6.92 Å². The third-order valence-electron chi connectivity index (χ3n) is 5.28. The summed E-state index contributed by atoms with van der Waals surface area (Å²) in [4.78, 5) is 14.4. The molecule has 2 aliphatic heterocycles. The maximum atomic E-state index is 12.8. The van der Waals surface area contributed by atoms with E-state index >= 15 is 0 Å². The van der Waals surface area contributed by atoms with Crippen LogP contribution in [0.4, 0.5) is 5.69 Å². The number of piperazine rings is 1. The largest absolute Gasteiger partial charge is 0.379 e. The third kappa shape index (κ3) is 5.95. The number of hydrogen-bond acceptors (Lipinski definition) is 7. The van der Waals surface area contributed by atoms with Crippen LogP contribution in [-0.2, 0) is 29.6 Å². The number of hydrogen-bond donors (Lipinski definition) is 1. The SMILES string of the molecule is CCS(=O)(=O)N1CCN(CC(=O)Nc2cc(S(=O)(=O)N3CCOCC3)ccc2Cl)CC1. The van der Waals surface area contributed by atoms with Crippen molar-refractivity contribution in [1.82, 2.24) is 13.5 Å². The van der Waals surface area contributed by atoms with Crippen molar-refractivity contribution in [2.75, 3.05) is 70.1 Å². The highest BCUT2D eigenvalue weighted by Crippen LogP contribution is 2.27. The van der Waals surface area contributed by atoms with Crippen molar-refractivity contribution >= 4 is 43.2 Å². The van der Waals surface area contributed by atoms with Crippen LogP contribution >= 0.6 is 11.6 Å². The quantitative estimate of drug-likeness (QED) is 0.578. The van der Waals surface area contributed by atoms with Crippen molar-refractivity contribution in [3.63, 3.8) is 0 Å². The average molecular weight is 495 g/mol. The molecule has 1 aromatic rings. The van der Waals surface area contributed by atoms with Crippen molar-refractivity contribution < 1.29 is 26.4 Å². The number of carbonyl (C=O) groups is 1. The summed E-state index contributed by atoms with van der Waals surface area (Å²) in [5.41, 5.74) is 0.216. The van der Waals surface area contributed by atoms with E-state index in [4.69, 9.17) is 16.3 Å². The zero-order valence-electron chi connectivity index (χ0n) is 17.3. The second-order valence-corrected chi connectivity index (χ2v) is 11.9. The molecule has 2 aliphatic rings. The van der Waals surface area contributed by atoms with E-state index in [1.165, 1.54) is 26.8 Å².